The molecule has 0 atom stereocenters. The van der Waals surface area contributed by atoms with Gasteiger partial charge in [-0.15, -0.1) is 0 Å². The first-order valence-electron chi connectivity index (χ1n) is 11.2. The lowest BCUT2D eigenvalue weighted by molar-refractivity contribution is 0.0897. The number of hydrogen-bond acceptors (Lipinski definition) is 6. The van der Waals surface area contributed by atoms with E-state index in [9.17, 15) is 13.9 Å². The Morgan fingerprint density at radius 3 is 2.72 bits per heavy atom. The molecule has 1 fully saturated rings. The average Bonchev–Trinajstić information content (AvgIpc) is 2.94. The monoisotopic (exact) mass is 451 g/mol. The van der Waals surface area contributed by atoms with Crippen molar-refractivity contribution in [1.29, 1.82) is 0 Å². The molecule has 168 valence electrons. The number of benzene rings is 2. The number of aromatic nitrogens is 1. The highest BCUT2D eigenvalue weighted by atomic mass is 32.3. The Balaban J connectivity index is 1.59. The van der Waals surface area contributed by atoms with Crippen LogP contribution in [0, 0.1) is 12.8 Å². The predicted molar refractivity (Wildman–Crippen MR) is 130 cm³/mol. The number of rotatable bonds is 3. The van der Waals surface area contributed by atoms with E-state index >= 15 is 0 Å². The fourth-order valence-electron chi connectivity index (χ4n) is 4.78. The van der Waals surface area contributed by atoms with E-state index in [4.69, 9.17) is 4.98 Å². The summed E-state index contributed by atoms with van der Waals surface area (Å²) in [6, 6.07) is 15.5. The first kappa shape index (κ1) is 21.4. The van der Waals surface area contributed by atoms with Gasteiger partial charge in [-0.1, -0.05) is 29.8 Å². The number of anilines is 1. The van der Waals surface area contributed by atoms with Crippen LogP contribution in [0.15, 0.2) is 53.4 Å². The number of nitrogens with zero attached hydrogens (tertiary/aromatic N) is 2. The summed E-state index contributed by atoms with van der Waals surface area (Å²) in [7, 11) is -2.85. The molecule has 0 spiro atoms. The molecule has 0 amide bonds. The molecule has 0 bridgehead atoms. The minimum absolute atomic E-state index is 0.0204. The largest absolute Gasteiger partial charge is 0.351 e. The average molecular weight is 452 g/mol. The van der Waals surface area contributed by atoms with Crippen molar-refractivity contribution in [3.63, 3.8) is 0 Å². The summed E-state index contributed by atoms with van der Waals surface area (Å²) in [6.45, 7) is 4.75. The first-order chi connectivity index (χ1) is 15.4. The van der Waals surface area contributed by atoms with Crippen LogP contribution in [0.1, 0.15) is 34.3 Å². The van der Waals surface area contributed by atoms with Crippen molar-refractivity contribution in [3.05, 3.63) is 65.2 Å². The zero-order valence-electron chi connectivity index (χ0n) is 18.3. The van der Waals surface area contributed by atoms with E-state index in [2.05, 4.69) is 16.3 Å². The lowest BCUT2D eigenvalue weighted by Gasteiger charge is -2.32. The van der Waals surface area contributed by atoms with Gasteiger partial charge in [0.25, 0.3) is 0 Å². The third-order valence-electron chi connectivity index (χ3n) is 6.58. The molecule has 0 aliphatic carbocycles. The third kappa shape index (κ3) is 4.01. The fourth-order valence-corrected chi connectivity index (χ4v) is 6.32. The molecule has 3 aromatic rings. The normalized spacial score (nSPS) is 19.9. The number of Topliss-reactive ketones (excluding diaryl/α,β-unsaturated/α-hetero) is 1. The lowest BCUT2D eigenvalue weighted by atomic mass is 9.88. The second-order valence-electron chi connectivity index (χ2n) is 8.84. The van der Waals surface area contributed by atoms with Crippen LogP contribution >= 0.6 is 10.6 Å². The van der Waals surface area contributed by atoms with Gasteiger partial charge in [0.2, 0.25) is 0 Å². The van der Waals surface area contributed by atoms with Gasteiger partial charge in [-0.05, 0) is 62.7 Å². The van der Waals surface area contributed by atoms with Gasteiger partial charge in [-0.25, -0.2) is 4.98 Å². The maximum atomic E-state index is 13.6. The van der Waals surface area contributed by atoms with Crippen LogP contribution in [-0.4, -0.2) is 45.3 Å². The summed E-state index contributed by atoms with van der Waals surface area (Å²) in [5.41, 5.74) is 3.52. The molecule has 1 aromatic heterocycles. The Morgan fingerprint density at radius 1 is 1.12 bits per heavy atom. The maximum Gasteiger partial charge on any atom is 0.166 e. The van der Waals surface area contributed by atoms with Gasteiger partial charge in [0.1, 0.15) is 5.82 Å². The minimum Gasteiger partial charge on any atom is -0.351 e. The second-order valence-corrected chi connectivity index (χ2v) is 11.0. The molecular weight excluding hydrogens is 422 g/mol. The number of ketones is 1. The molecule has 7 heteroatoms. The van der Waals surface area contributed by atoms with E-state index in [0.717, 1.165) is 53.5 Å². The number of nitrogens with one attached hydrogen (secondary N) is 1. The summed E-state index contributed by atoms with van der Waals surface area (Å²) >= 11 is 0. The quantitative estimate of drug-likeness (QED) is 0.494. The number of carbonyl (C=O) groups is 1. The summed E-state index contributed by atoms with van der Waals surface area (Å²) in [4.78, 5) is 21.2. The number of carbonyl (C=O) groups excluding carboxylic acids is 1. The molecule has 0 radical (unpaired) electrons. The highest BCUT2D eigenvalue weighted by Gasteiger charge is 2.28. The van der Waals surface area contributed by atoms with Crippen LogP contribution < -0.4 is 10.2 Å². The van der Waals surface area contributed by atoms with Crippen LogP contribution in [0.25, 0.3) is 10.9 Å². The summed E-state index contributed by atoms with van der Waals surface area (Å²) in [5.74, 6) is 1.16. The van der Waals surface area contributed by atoms with Gasteiger partial charge < -0.3 is 10.2 Å². The maximum absolute atomic E-state index is 13.6. The van der Waals surface area contributed by atoms with Crippen molar-refractivity contribution in [1.82, 2.24) is 10.3 Å². The van der Waals surface area contributed by atoms with Crippen LogP contribution in [0.3, 0.4) is 0 Å². The molecule has 0 unspecified atom stereocenters. The van der Waals surface area contributed by atoms with Crippen molar-refractivity contribution in [2.75, 3.05) is 30.3 Å². The molecule has 6 nitrogen and oxygen atoms in total. The SMILES string of the molecule is Cc1ccc2nc(N3CCS(O)(O)c4ccccc4C3)cc(C(=O)C3CCNCC3)c2c1. The number of pyridine rings is 1. The number of piperidine rings is 1. The second kappa shape index (κ2) is 8.48. The summed E-state index contributed by atoms with van der Waals surface area (Å²) in [6.07, 6.45) is 1.70. The van der Waals surface area contributed by atoms with E-state index < -0.39 is 10.6 Å². The van der Waals surface area contributed by atoms with Crippen LogP contribution in [0.2, 0.25) is 0 Å². The Bertz CT molecular complexity index is 1170. The Kier molecular flexibility index (Phi) is 5.67. The first-order valence-corrected chi connectivity index (χ1v) is 12.9. The van der Waals surface area contributed by atoms with Gasteiger partial charge >= 0.3 is 0 Å². The number of hydrogen-bond donors (Lipinski definition) is 3. The van der Waals surface area contributed by atoms with E-state index in [1.165, 1.54) is 0 Å². The Labute approximate surface area is 190 Å². The summed E-state index contributed by atoms with van der Waals surface area (Å²) < 4.78 is 21.4. The molecule has 1 saturated heterocycles. The molecule has 2 aromatic carbocycles. The van der Waals surface area contributed by atoms with Crippen molar-refractivity contribution >= 4 is 33.1 Å². The van der Waals surface area contributed by atoms with E-state index in [-0.39, 0.29) is 17.5 Å². The number of fused-ring (bicyclic) bond motifs is 2. The number of aryl methyl sites for hydroxylation is 1. The van der Waals surface area contributed by atoms with Crippen molar-refractivity contribution < 1.29 is 13.9 Å². The van der Waals surface area contributed by atoms with Gasteiger partial charge in [0.05, 0.1) is 16.2 Å². The van der Waals surface area contributed by atoms with E-state index in [1.807, 2.05) is 43.3 Å². The molecule has 5 rings (SSSR count). The standard InChI is InChI=1S/C25H29N3O3S/c1-17-6-7-22-20(14-17)21(25(29)18-8-10-26-11-9-18)15-24(27-22)28-12-13-32(30,31)23-5-3-2-4-19(23)16-28/h2-7,14-15,18,26,30-31H,8-13,16H2,1H3. The smallest absolute Gasteiger partial charge is 0.166 e. The fraction of sp³-hybridized carbons (Fsp3) is 0.360. The van der Waals surface area contributed by atoms with Gasteiger partial charge in [-0.3, -0.25) is 13.9 Å². The molecule has 0 saturated carbocycles. The highest BCUT2D eigenvalue weighted by Crippen LogP contribution is 2.51. The Hall–Kier alpha value is -2.45. The molecule has 3 heterocycles. The summed E-state index contributed by atoms with van der Waals surface area (Å²) in [5, 5.41) is 4.24. The van der Waals surface area contributed by atoms with Crippen molar-refractivity contribution in [2.24, 2.45) is 5.92 Å². The van der Waals surface area contributed by atoms with E-state index in [1.54, 1.807) is 6.07 Å². The van der Waals surface area contributed by atoms with Crippen LogP contribution in [0.4, 0.5) is 5.82 Å². The van der Waals surface area contributed by atoms with Crippen LogP contribution in [-0.2, 0) is 6.54 Å². The van der Waals surface area contributed by atoms with Gasteiger partial charge in [0.15, 0.2) is 5.78 Å². The minimum atomic E-state index is -2.85. The lowest BCUT2D eigenvalue weighted by Crippen LogP contribution is -2.32. The molecule has 32 heavy (non-hydrogen) atoms. The molecule has 3 N–H and O–H groups in total. The zero-order chi connectivity index (χ0) is 22.3. The van der Waals surface area contributed by atoms with Crippen molar-refractivity contribution in [2.45, 2.75) is 31.2 Å². The van der Waals surface area contributed by atoms with Gasteiger partial charge in [0, 0.05) is 30.0 Å². The topological polar surface area (TPSA) is 85.7 Å². The molecule has 2 aliphatic heterocycles. The van der Waals surface area contributed by atoms with Crippen molar-refractivity contribution in [3.8, 4) is 0 Å². The van der Waals surface area contributed by atoms with Gasteiger partial charge in [-0.2, -0.15) is 10.6 Å². The highest BCUT2D eigenvalue weighted by molar-refractivity contribution is 8.24. The molecular formula is C25H29N3O3S. The predicted octanol–water partition coefficient (Wildman–Crippen LogP) is 4.86. The third-order valence-corrected chi connectivity index (χ3v) is 8.44. The Morgan fingerprint density at radius 2 is 1.91 bits per heavy atom. The molecule has 2 aliphatic rings. The van der Waals surface area contributed by atoms with Crippen LogP contribution in [0.5, 0.6) is 0 Å². The van der Waals surface area contributed by atoms with E-state index in [0.29, 0.717) is 23.8 Å². The zero-order valence-corrected chi connectivity index (χ0v) is 19.1.